The van der Waals surface area contributed by atoms with E-state index in [9.17, 15) is 4.79 Å². The zero-order valence-electron chi connectivity index (χ0n) is 10.0. The highest BCUT2D eigenvalue weighted by Gasteiger charge is 2.13. The molecule has 96 valence electrons. The van der Waals surface area contributed by atoms with E-state index in [2.05, 4.69) is 31.0 Å². The van der Waals surface area contributed by atoms with Crippen LogP contribution in [0.5, 0.6) is 0 Å². The summed E-state index contributed by atoms with van der Waals surface area (Å²) in [6, 6.07) is 0. The molecule has 2 N–H and O–H groups in total. The summed E-state index contributed by atoms with van der Waals surface area (Å²) in [6.07, 6.45) is 3.21. The summed E-state index contributed by atoms with van der Waals surface area (Å²) in [5, 5.41) is 3.92. The molecule has 0 spiro atoms. The summed E-state index contributed by atoms with van der Waals surface area (Å²) in [6.45, 7) is 4.70. The van der Waals surface area contributed by atoms with E-state index in [0.29, 0.717) is 17.2 Å². The largest absolute Gasteiger partial charge is 0.366 e. The van der Waals surface area contributed by atoms with Crippen molar-refractivity contribution in [3.05, 3.63) is 27.5 Å². The van der Waals surface area contributed by atoms with Gasteiger partial charge < -0.3 is 10.3 Å². The minimum atomic E-state index is -0.225. The highest BCUT2D eigenvalue weighted by molar-refractivity contribution is 9.10. The van der Waals surface area contributed by atoms with Gasteiger partial charge in [0.1, 0.15) is 0 Å². The standard InChI is InChI=1S/C10H13BrN6O/c1-6(2)5-16-4-3-13-7(8(16)18)17-9(11)14-10(12)15-17/h3-4,6H,5H2,1-2H3,(H2,12,15). The maximum absolute atomic E-state index is 12.2. The van der Waals surface area contributed by atoms with Crippen molar-refractivity contribution in [2.45, 2.75) is 20.4 Å². The maximum atomic E-state index is 12.2. The van der Waals surface area contributed by atoms with Crippen molar-refractivity contribution in [3.8, 4) is 5.82 Å². The molecule has 0 radical (unpaired) electrons. The lowest BCUT2D eigenvalue weighted by Crippen LogP contribution is -2.27. The molecule has 7 nitrogen and oxygen atoms in total. The summed E-state index contributed by atoms with van der Waals surface area (Å²) < 4.78 is 3.23. The molecule has 2 aromatic heterocycles. The third kappa shape index (κ3) is 2.42. The van der Waals surface area contributed by atoms with Gasteiger partial charge in [0.05, 0.1) is 0 Å². The van der Waals surface area contributed by atoms with E-state index in [1.165, 1.54) is 4.68 Å². The predicted octanol–water partition coefficient (Wildman–Crippen LogP) is 0.825. The first-order chi connectivity index (χ1) is 8.49. The normalized spacial score (nSPS) is 11.1. The maximum Gasteiger partial charge on any atom is 0.295 e. The number of hydrogen-bond donors (Lipinski definition) is 1. The second-order valence-corrected chi connectivity index (χ2v) is 4.96. The number of aromatic nitrogens is 5. The molecule has 0 aliphatic heterocycles. The molecule has 0 fully saturated rings. The van der Waals surface area contributed by atoms with Crippen molar-refractivity contribution < 1.29 is 0 Å². The van der Waals surface area contributed by atoms with E-state index in [1.54, 1.807) is 17.0 Å². The summed E-state index contributed by atoms with van der Waals surface area (Å²) >= 11 is 3.18. The van der Waals surface area contributed by atoms with Crippen LogP contribution in [0.25, 0.3) is 5.82 Å². The van der Waals surface area contributed by atoms with Crippen LogP contribution in [0.2, 0.25) is 0 Å². The molecule has 0 aliphatic carbocycles. The topological polar surface area (TPSA) is 91.6 Å². The van der Waals surface area contributed by atoms with Crippen LogP contribution in [0.1, 0.15) is 13.8 Å². The van der Waals surface area contributed by atoms with Gasteiger partial charge in [-0.05, 0) is 21.8 Å². The van der Waals surface area contributed by atoms with Gasteiger partial charge in [0.25, 0.3) is 5.56 Å². The summed E-state index contributed by atoms with van der Waals surface area (Å²) in [5.74, 6) is 0.624. The zero-order chi connectivity index (χ0) is 13.3. The Bertz CT molecular complexity index is 617. The van der Waals surface area contributed by atoms with Crippen molar-refractivity contribution in [2.75, 3.05) is 5.73 Å². The molecule has 0 unspecified atom stereocenters. The Kier molecular flexibility index (Phi) is 3.46. The van der Waals surface area contributed by atoms with E-state index in [-0.39, 0.29) is 17.3 Å². The summed E-state index contributed by atoms with van der Waals surface area (Å²) in [4.78, 5) is 20.1. The monoisotopic (exact) mass is 312 g/mol. The summed E-state index contributed by atoms with van der Waals surface area (Å²) in [5.41, 5.74) is 5.25. The van der Waals surface area contributed by atoms with Gasteiger partial charge in [0.15, 0.2) is 0 Å². The molecule has 0 bridgehead atoms. The van der Waals surface area contributed by atoms with Crippen LogP contribution < -0.4 is 11.3 Å². The minimum Gasteiger partial charge on any atom is -0.366 e. The Morgan fingerprint density at radius 2 is 2.22 bits per heavy atom. The van der Waals surface area contributed by atoms with Gasteiger partial charge in [-0.25, -0.2) is 4.98 Å². The Labute approximate surface area is 112 Å². The molecule has 18 heavy (non-hydrogen) atoms. The molecule has 2 aromatic rings. The van der Waals surface area contributed by atoms with Gasteiger partial charge in [-0.3, -0.25) is 4.79 Å². The Balaban J connectivity index is 2.53. The molecular formula is C10H13BrN6O. The number of anilines is 1. The minimum absolute atomic E-state index is 0.0855. The van der Waals surface area contributed by atoms with Crippen LogP contribution >= 0.6 is 15.9 Å². The van der Waals surface area contributed by atoms with E-state index in [1.807, 2.05) is 13.8 Å². The third-order valence-corrected chi connectivity index (χ3v) is 2.76. The van der Waals surface area contributed by atoms with E-state index in [0.717, 1.165) is 0 Å². The molecule has 8 heteroatoms. The zero-order valence-corrected chi connectivity index (χ0v) is 11.6. The van der Waals surface area contributed by atoms with E-state index < -0.39 is 0 Å². The lowest BCUT2D eigenvalue weighted by Gasteiger charge is -2.09. The molecule has 2 rings (SSSR count). The smallest absolute Gasteiger partial charge is 0.295 e. The van der Waals surface area contributed by atoms with Crippen LogP contribution in [0.3, 0.4) is 0 Å². The van der Waals surface area contributed by atoms with E-state index in [4.69, 9.17) is 5.73 Å². The van der Waals surface area contributed by atoms with Crippen LogP contribution in [-0.4, -0.2) is 24.3 Å². The number of nitrogen functional groups attached to an aromatic ring is 1. The van der Waals surface area contributed by atoms with Gasteiger partial charge in [-0.1, -0.05) is 13.8 Å². The molecule has 0 saturated heterocycles. The van der Waals surface area contributed by atoms with Crippen molar-refractivity contribution in [1.29, 1.82) is 0 Å². The molecule has 0 aliphatic rings. The number of nitrogens with zero attached hydrogens (tertiary/aromatic N) is 5. The first-order valence-corrected chi connectivity index (χ1v) is 6.22. The molecule has 0 atom stereocenters. The third-order valence-electron chi connectivity index (χ3n) is 2.24. The van der Waals surface area contributed by atoms with Crippen molar-refractivity contribution in [3.63, 3.8) is 0 Å². The number of halogens is 1. The van der Waals surface area contributed by atoms with Gasteiger partial charge in [0.2, 0.25) is 16.5 Å². The molecule has 0 saturated carbocycles. The fraction of sp³-hybridized carbons (Fsp3) is 0.400. The molecule has 0 aromatic carbocycles. The van der Waals surface area contributed by atoms with Crippen LogP contribution in [0.15, 0.2) is 21.9 Å². The number of hydrogen-bond acceptors (Lipinski definition) is 5. The van der Waals surface area contributed by atoms with Crippen molar-refractivity contribution >= 4 is 21.9 Å². The highest BCUT2D eigenvalue weighted by Crippen LogP contribution is 2.11. The number of nitrogens with two attached hydrogens (primary N) is 1. The average Bonchev–Trinajstić information content (AvgIpc) is 2.60. The molecule has 2 heterocycles. The predicted molar refractivity (Wildman–Crippen MR) is 70.4 cm³/mol. The average molecular weight is 313 g/mol. The van der Waals surface area contributed by atoms with Gasteiger partial charge in [-0.15, -0.1) is 5.10 Å². The second-order valence-electron chi connectivity index (χ2n) is 4.25. The van der Waals surface area contributed by atoms with Gasteiger partial charge in [0, 0.05) is 18.9 Å². The number of rotatable bonds is 3. The molecule has 0 amide bonds. The fourth-order valence-corrected chi connectivity index (χ4v) is 1.99. The van der Waals surface area contributed by atoms with Crippen molar-refractivity contribution in [2.24, 2.45) is 5.92 Å². The van der Waals surface area contributed by atoms with Crippen LogP contribution in [0, 0.1) is 5.92 Å². The second kappa shape index (κ2) is 4.89. The lowest BCUT2D eigenvalue weighted by molar-refractivity contribution is 0.506. The van der Waals surface area contributed by atoms with Crippen molar-refractivity contribution in [1.82, 2.24) is 24.3 Å². The quantitative estimate of drug-likeness (QED) is 0.906. The SMILES string of the molecule is CC(C)Cn1ccnc(-n2nc(N)nc2Br)c1=O. The first-order valence-electron chi connectivity index (χ1n) is 5.43. The highest BCUT2D eigenvalue weighted by atomic mass is 79.9. The fourth-order valence-electron chi connectivity index (χ4n) is 1.56. The summed E-state index contributed by atoms with van der Waals surface area (Å²) in [7, 11) is 0. The first kappa shape index (κ1) is 12.7. The van der Waals surface area contributed by atoms with Crippen LogP contribution in [0.4, 0.5) is 5.95 Å². The molecular weight excluding hydrogens is 300 g/mol. The van der Waals surface area contributed by atoms with E-state index >= 15 is 0 Å². The Hall–Kier alpha value is -1.70. The Morgan fingerprint density at radius 1 is 1.50 bits per heavy atom. The van der Waals surface area contributed by atoms with Gasteiger partial charge >= 0.3 is 0 Å². The lowest BCUT2D eigenvalue weighted by atomic mass is 10.2. The van der Waals surface area contributed by atoms with Gasteiger partial charge in [-0.2, -0.15) is 9.67 Å². The Morgan fingerprint density at radius 3 is 2.78 bits per heavy atom. The van der Waals surface area contributed by atoms with Crippen LogP contribution in [-0.2, 0) is 6.54 Å².